The molecule has 0 radical (unpaired) electrons. The number of hydrogen-bond acceptors (Lipinski definition) is 16. The lowest BCUT2D eigenvalue weighted by molar-refractivity contribution is -0.188. The number of halogens is 1. The molecule has 3 aromatic rings. The van der Waals surface area contributed by atoms with Gasteiger partial charge in [-0.2, -0.15) is 0 Å². The summed E-state index contributed by atoms with van der Waals surface area (Å²) in [5.41, 5.74) is -1.04. The number of pyridine rings is 1. The summed E-state index contributed by atoms with van der Waals surface area (Å²) in [5.74, 6) is -16.5. The summed E-state index contributed by atoms with van der Waals surface area (Å²) in [5, 5.41) is 27.3. The number of esters is 2. The minimum atomic E-state index is -3.02. The SMILES string of the molecule is COc1c(N2CCN[C@H](C)C2)c(F)cc2c(=O)c(C(=O)OC(C)C(=O)Oc3cccc4c3C(=O)C3C(=O)C5(O)C(=O)C(C(N)=O)C(=O)C(N(C)C)C5CC3C4(C)O)cn(C3CC3)c12. The highest BCUT2D eigenvalue weighted by atomic mass is 19.1. The fourth-order valence-corrected chi connectivity index (χ4v) is 10.3. The molecule has 8 rings (SSSR count). The first kappa shape index (κ1) is 43.7. The largest absolute Gasteiger partial charge is 0.492 e. The van der Waals surface area contributed by atoms with Crippen LogP contribution in [0.15, 0.2) is 35.3 Å². The lowest BCUT2D eigenvalue weighted by Gasteiger charge is -2.55. The summed E-state index contributed by atoms with van der Waals surface area (Å²) in [6, 6.07) is 3.54. The fourth-order valence-electron chi connectivity index (χ4n) is 10.3. The minimum absolute atomic E-state index is 0.0563. The van der Waals surface area contributed by atoms with Crippen LogP contribution in [0, 0.1) is 29.5 Å². The Labute approximate surface area is 359 Å². The van der Waals surface area contributed by atoms with E-state index >= 15 is 4.39 Å². The van der Waals surface area contributed by atoms with Gasteiger partial charge in [-0.25, -0.2) is 14.0 Å². The van der Waals surface area contributed by atoms with Crippen LogP contribution >= 0.6 is 0 Å². The Morgan fingerprint density at radius 3 is 2.38 bits per heavy atom. The normalized spacial score (nSPS) is 29.8. The van der Waals surface area contributed by atoms with Crippen LogP contribution < -0.4 is 30.9 Å². The summed E-state index contributed by atoms with van der Waals surface area (Å²) in [6.45, 7) is 5.99. The number of aromatic nitrogens is 1. The monoisotopic (exact) mass is 873 g/mol. The summed E-state index contributed by atoms with van der Waals surface area (Å²) < 4.78 is 34.5. The quantitative estimate of drug-likeness (QED) is 0.130. The van der Waals surface area contributed by atoms with Gasteiger partial charge in [0.1, 0.15) is 17.0 Å². The standard InChI is InChI=1S/C44H48FN5O13/c1-18-16-49(13-12-47-18)33-26(45)14-21-31(37(33)61-6)50(20-10-11-20)17-22(34(21)51)42(58)62-19(2)41(57)63-27-9-7-8-23-28(27)35(52)29-24(43(23,3)59)15-25-32(48(4)5)36(53)30(40(46)56)39(55)44(25,60)38(29)54/h7-9,14,17-20,24-25,29-30,32,47,59-60H,10-13,15-16H2,1-6H3,(H2,46,56)/t18-,19?,24?,25?,29?,30?,32?,43?,44?/m1/s1. The number of benzene rings is 2. The van der Waals surface area contributed by atoms with E-state index in [2.05, 4.69) is 5.32 Å². The van der Waals surface area contributed by atoms with Gasteiger partial charge in [0, 0.05) is 49.8 Å². The van der Waals surface area contributed by atoms with Gasteiger partial charge < -0.3 is 44.9 Å². The maximum Gasteiger partial charge on any atom is 0.352 e. The molecule has 1 aromatic heterocycles. The van der Waals surface area contributed by atoms with Gasteiger partial charge in [0.05, 0.1) is 41.1 Å². The van der Waals surface area contributed by atoms with Crippen LogP contribution in [0.2, 0.25) is 0 Å². The van der Waals surface area contributed by atoms with Gasteiger partial charge in [0.25, 0.3) is 0 Å². The molecule has 2 heterocycles. The van der Waals surface area contributed by atoms with Crippen molar-refractivity contribution in [2.45, 2.75) is 75.5 Å². The number of fused-ring (bicyclic) bond motifs is 4. The molecule has 3 saturated carbocycles. The van der Waals surface area contributed by atoms with E-state index in [4.69, 9.17) is 19.9 Å². The molecule has 18 nitrogen and oxygen atoms in total. The molecule has 1 saturated heterocycles. The number of nitrogens with one attached hydrogen (secondary N) is 1. The first-order chi connectivity index (χ1) is 29.7. The number of likely N-dealkylation sites (N-methyl/N-ethyl adjacent to an activating group) is 1. The van der Waals surface area contributed by atoms with Crippen LogP contribution in [0.3, 0.4) is 0 Å². The number of ether oxygens (including phenoxy) is 3. The highest BCUT2D eigenvalue weighted by molar-refractivity contribution is 6.32. The van der Waals surface area contributed by atoms with E-state index in [-0.39, 0.29) is 40.9 Å². The van der Waals surface area contributed by atoms with Crippen molar-refractivity contribution < 1.29 is 62.4 Å². The number of primary amides is 1. The average Bonchev–Trinajstić information content (AvgIpc) is 4.06. The lowest BCUT2D eigenvalue weighted by atomic mass is 9.49. The van der Waals surface area contributed by atoms with E-state index in [1.165, 1.54) is 57.4 Å². The van der Waals surface area contributed by atoms with E-state index in [1.54, 1.807) is 4.57 Å². The molecule has 9 atom stereocenters. The Kier molecular flexibility index (Phi) is 10.7. The number of Topliss-reactive ketones (excluding diaryl/α,β-unsaturated/α-hetero) is 4. The number of hydrogen-bond donors (Lipinski definition) is 4. The zero-order valence-corrected chi connectivity index (χ0v) is 35.4. The lowest BCUT2D eigenvalue weighted by Crippen LogP contribution is -2.75. The molecule has 5 N–H and O–H groups in total. The highest BCUT2D eigenvalue weighted by Gasteiger charge is 2.71. The molecule has 4 aliphatic carbocycles. The Balaban J connectivity index is 1.09. The highest BCUT2D eigenvalue weighted by Crippen LogP contribution is 2.56. The third-order valence-electron chi connectivity index (χ3n) is 13.4. The number of anilines is 1. The number of carbonyl (C=O) groups excluding carboxylic acids is 7. The number of methoxy groups -OCH3 is 1. The third-order valence-corrected chi connectivity index (χ3v) is 13.4. The van der Waals surface area contributed by atoms with E-state index in [0.29, 0.717) is 38.0 Å². The minimum Gasteiger partial charge on any atom is -0.492 e. The van der Waals surface area contributed by atoms with Crippen molar-refractivity contribution in [3.8, 4) is 11.5 Å². The van der Waals surface area contributed by atoms with Crippen LogP contribution in [-0.4, -0.2) is 125 Å². The Bertz CT molecular complexity index is 2600. The van der Waals surface area contributed by atoms with E-state index in [0.717, 1.165) is 13.0 Å². The van der Waals surface area contributed by atoms with Crippen molar-refractivity contribution in [3.05, 3.63) is 63.2 Å². The van der Waals surface area contributed by atoms with E-state index < -0.39 is 116 Å². The Hall–Kier alpha value is -5.89. The van der Waals surface area contributed by atoms with Gasteiger partial charge in [0.15, 0.2) is 52.3 Å². The topological polar surface area (TPSA) is 254 Å². The van der Waals surface area contributed by atoms with Crippen molar-refractivity contribution >= 4 is 57.6 Å². The maximum absolute atomic E-state index is 16.0. The zero-order valence-electron chi connectivity index (χ0n) is 35.4. The average molecular weight is 874 g/mol. The Morgan fingerprint density at radius 1 is 1.06 bits per heavy atom. The van der Waals surface area contributed by atoms with Crippen LogP contribution in [0.4, 0.5) is 10.1 Å². The second-order valence-corrected chi connectivity index (χ2v) is 17.7. The first-order valence-electron chi connectivity index (χ1n) is 20.7. The van der Waals surface area contributed by atoms with Crippen LogP contribution in [-0.2, 0) is 34.3 Å². The number of nitrogens with zero attached hydrogens (tertiary/aromatic N) is 3. The molecule has 4 fully saturated rings. The van der Waals surface area contributed by atoms with Crippen LogP contribution in [0.1, 0.15) is 72.4 Å². The number of aliphatic hydroxyl groups is 2. The van der Waals surface area contributed by atoms with Crippen molar-refractivity contribution in [1.82, 2.24) is 14.8 Å². The molecule has 63 heavy (non-hydrogen) atoms. The van der Waals surface area contributed by atoms with Gasteiger partial charge in [0.2, 0.25) is 11.3 Å². The van der Waals surface area contributed by atoms with Crippen molar-refractivity contribution in [2.75, 3.05) is 45.7 Å². The van der Waals surface area contributed by atoms with E-state index in [9.17, 15) is 48.6 Å². The molecule has 1 amide bonds. The molecule has 8 unspecified atom stereocenters. The number of piperazine rings is 1. The van der Waals surface area contributed by atoms with Gasteiger partial charge in [-0.1, -0.05) is 12.1 Å². The third kappa shape index (κ3) is 6.66. The van der Waals surface area contributed by atoms with Crippen molar-refractivity contribution in [3.63, 3.8) is 0 Å². The molecule has 2 aromatic carbocycles. The predicted molar refractivity (Wildman–Crippen MR) is 219 cm³/mol. The first-order valence-corrected chi connectivity index (χ1v) is 20.7. The maximum atomic E-state index is 16.0. The molecule has 19 heteroatoms. The summed E-state index contributed by atoms with van der Waals surface area (Å²) in [6.07, 6.45) is 0.599. The molecule has 334 valence electrons. The molecule has 0 spiro atoms. The fraction of sp³-hybridized carbons (Fsp3) is 0.500. The van der Waals surface area contributed by atoms with Crippen molar-refractivity contribution in [1.29, 1.82) is 0 Å². The summed E-state index contributed by atoms with van der Waals surface area (Å²) in [4.78, 5) is 113. The Morgan fingerprint density at radius 2 is 1.76 bits per heavy atom. The molecular formula is C44H48FN5O13. The second-order valence-electron chi connectivity index (χ2n) is 17.7. The van der Waals surface area contributed by atoms with Gasteiger partial charge in [-0.15, -0.1) is 0 Å². The number of ketones is 4. The van der Waals surface area contributed by atoms with E-state index in [1.807, 2.05) is 11.8 Å². The molecule has 0 bridgehead atoms. The number of amides is 1. The van der Waals surface area contributed by atoms with Gasteiger partial charge in [-0.05, 0) is 71.8 Å². The summed E-state index contributed by atoms with van der Waals surface area (Å²) in [7, 11) is 4.27. The summed E-state index contributed by atoms with van der Waals surface area (Å²) >= 11 is 0. The van der Waals surface area contributed by atoms with Gasteiger partial charge >= 0.3 is 11.9 Å². The second kappa shape index (κ2) is 15.4. The van der Waals surface area contributed by atoms with Crippen molar-refractivity contribution in [2.24, 2.45) is 29.4 Å². The molecular weight excluding hydrogens is 826 g/mol. The van der Waals surface area contributed by atoms with Gasteiger partial charge in [-0.3, -0.25) is 33.7 Å². The number of rotatable bonds is 9. The predicted octanol–water partition coefficient (Wildman–Crippen LogP) is 0.573. The van der Waals surface area contributed by atoms with Crippen LogP contribution in [0.25, 0.3) is 10.9 Å². The molecule has 5 aliphatic rings. The zero-order chi connectivity index (χ0) is 45.8. The number of carbonyl (C=O) groups is 7. The number of nitrogens with two attached hydrogens (primary N) is 1. The smallest absolute Gasteiger partial charge is 0.352 e. The molecule has 1 aliphatic heterocycles. The van der Waals surface area contributed by atoms with Crippen LogP contribution in [0.5, 0.6) is 11.5 Å².